The van der Waals surface area contributed by atoms with E-state index in [1.807, 2.05) is 30.3 Å². The monoisotopic (exact) mass is 333 g/mol. The molecule has 7 heteroatoms. The lowest BCUT2D eigenvalue weighted by atomic mass is 10.2. The predicted molar refractivity (Wildman–Crippen MR) is 82.4 cm³/mol. The maximum atomic E-state index is 12.2. The zero-order valence-corrected chi connectivity index (χ0v) is 12.8. The van der Waals surface area contributed by atoms with E-state index in [0.29, 0.717) is 18.2 Å². The molecule has 0 saturated carbocycles. The van der Waals surface area contributed by atoms with Crippen molar-refractivity contribution in [2.75, 3.05) is 0 Å². The summed E-state index contributed by atoms with van der Waals surface area (Å²) in [6.45, 7) is 2.20. The number of aryl methyl sites for hydroxylation is 1. The first-order valence-corrected chi connectivity index (χ1v) is 7.22. The van der Waals surface area contributed by atoms with Crippen LogP contribution in [0.3, 0.4) is 0 Å². The number of hydrogen-bond acceptors (Lipinski definition) is 3. The highest BCUT2D eigenvalue weighted by Crippen LogP contribution is 2.23. The van der Waals surface area contributed by atoms with Gasteiger partial charge in [0.15, 0.2) is 5.82 Å². The van der Waals surface area contributed by atoms with Gasteiger partial charge in [0.2, 0.25) is 0 Å². The van der Waals surface area contributed by atoms with Crippen LogP contribution in [-0.2, 0) is 6.54 Å². The summed E-state index contributed by atoms with van der Waals surface area (Å²) in [5.41, 5.74) is 1.72. The van der Waals surface area contributed by atoms with Gasteiger partial charge in [0, 0.05) is 5.56 Å². The Morgan fingerprint density at radius 1 is 1.00 bits per heavy atom. The minimum absolute atomic E-state index is 0.246. The number of nitrogens with zero attached hydrogens (tertiary/aromatic N) is 3. The quantitative estimate of drug-likeness (QED) is 0.718. The minimum atomic E-state index is -4.69. The van der Waals surface area contributed by atoms with Gasteiger partial charge in [-0.1, -0.05) is 42.5 Å². The molecule has 0 aliphatic rings. The fourth-order valence-corrected chi connectivity index (χ4v) is 2.34. The summed E-state index contributed by atoms with van der Waals surface area (Å²) in [7, 11) is 0. The van der Waals surface area contributed by atoms with Gasteiger partial charge in [-0.3, -0.25) is 0 Å². The average molecular weight is 333 g/mol. The van der Waals surface area contributed by atoms with Crippen LogP contribution in [0.15, 0.2) is 54.6 Å². The Morgan fingerprint density at radius 2 is 1.67 bits per heavy atom. The Morgan fingerprint density at radius 3 is 2.29 bits per heavy atom. The van der Waals surface area contributed by atoms with Crippen molar-refractivity contribution in [3.8, 4) is 17.1 Å². The van der Waals surface area contributed by atoms with Crippen LogP contribution < -0.4 is 4.74 Å². The maximum absolute atomic E-state index is 12.2. The highest BCUT2D eigenvalue weighted by atomic mass is 19.4. The number of rotatable bonds is 4. The molecule has 1 heterocycles. The van der Waals surface area contributed by atoms with Crippen LogP contribution in [-0.4, -0.2) is 21.1 Å². The van der Waals surface area contributed by atoms with E-state index >= 15 is 0 Å². The molecular weight excluding hydrogens is 319 g/mol. The van der Waals surface area contributed by atoms with Crippen LogP contribution in [0.1, 0.15) is 11.4 Å². The molecule has 0 unspecified atom stereocenters. The van der Waals surface area contributed by atoms with Gasteiger partial charge in [-0.25, -0.2) is 9.67 Å². The van der Waals surface area contributed by atoms with Crippen LogP contribution >= 0.6 is 0 Å². The third kappa shape index (κ3) is 3.92. The molecule has 0 bridgehead atoms. The van der Waals surface area contributed by atoms with Gasteiger partial charge in [0.25, 0.3) is 0 Å². The first-order valence-electron chi connectivity index (χ1n) is 7.22. The van der Waals surface area contributed by atoms with E-state index in [0.717, 1.165) is 11.1 Å². The van der Waals surface area contributed by atoms with Crippen LogP contribution in [0.4, 0.5) is 13.2 Å². The molecule has 24 heavy (non-hydrogen) atoms. The zero-order chi connectivity index (χ0) is 17.2. The number of alkyl halides is 3. The first-order chi connectivity index (χ1) is 11.4. The summed E-state index contributed by atoms with van der Waals surface area (Å²) < 4.78 is 42.2. The van der Waals surface area contributed by atoms with E-state index in [2.05, 4.69) is 14.8 Å². The van der Waals surface area contributed by atoms with E-state index in [1.54, 1.807) is 23.7 Å². The number of benzene rings is 2. The molecule has 3 rings (SSSR count). The smallest absolute Gasteiger partial charge is 0.406 e. The second-order valence-electron chi connectivity index (χ2n) is 5.20. The molecule has 4 nitrogen and oxygen atoms in total. The van der Waals surface area contributed by atoms with Gasteiger partial charge in [0.05, 0.1) is 6.54 Å². The van der Waals surface area contributed by atoms with Crippen LogP contribution in [0, 0.1) is 6.92 Å². The molecule has 0 atom stereocenters. The Balaban J connectivity index is 1.82. The molecule has 0 aliphatic heterocycles. The van der Waals surface area contributed by atoms with Crippen LogP contribution in [0.25, 0.3) is 11.4 Å². The number of halogens is 3. The van der Waals surface area contributed by atoms with Crippen LogP contribution in [0.2, 0.25) is 0 Å². The Hall–Kier alpha value is -2.83. The number of hydrogen-bond donors (Lipinski definition) is 0. The van der Waals surface area contributed by atoms with Crippen molar-refractivity contribution in [2.45, 2.75) is 19.8 Å². The topological polar surface area (TPSA) is 39.9 Å². The molecule has 0 spiro atoms. The third-order valence-corrected chi connectivity index (χ3v) is 3.30. The van der Waals surface area contributed by atoms with Gasteiger partial charge in [-0.2, -0.15) is 5.10 Å². The Labute approximate surface area is 136 Å². The number of aromatic nitrogens is 3. The maximum Gasteiger partial charge on any atom is 0.573 e. The van der Waals surface area contributed by atoms with Crippen LogP contribution in [0.5, 0.6) is 5.75 Å². The number of ether oxygens (including phenoxy) is 1. The molecule has 3 aromatic rings. The van der Waals surface area contributed by atoms with Crippen molar-refractivity contribution < 1.29 is 17.9 Å². The second-order valence-corrected chi connectivity index (χ2v) is 5.20. The van der Waals surface area contributed by atoms with Gasteiger partial charge < -0.3 is 4.74 Å². The fourth-order valence-electron chi connectivity index (χ4n) is 2.34. The van der Waals surface area contributed by atoms with Gasteiger partial charge >= 0.3 is 6.36 Å². The molecule has 0 fully saturated rings. The molecule has 124 valence electrons. The SMILES string of the molecule is Cc1nc(-c2ccccc2)n(Cc2ccc(OC(F)(F)F)cc2)n1. The van der Waals surface area contributed by atoms with Crippen molar-refractivity contribution >= 4 is 0 Å². The van der Waals surface area contributed by atoms with Gasteiger partial charge in [-0.15, -0.1) is 13.2 Å². The molecule has 0 amide bonds. The summed E-state index contributed by atoms with van der Waals surface area (Å²) in [5.74, 6) is 1.10. The van der Waals surface area contributed by atoms with Crippen molar-refractivity contribution in [3.63, 3.8) is 0 Å². The summed E-state index contributed by atoms with van der Waals surface area (Å²) in [6, 6.07) is 15.3. The molecular formula is C17H14F3N3O. The van der Waals surface area contributed by atoms with Gasteiger partial charge in [0.1, 0.15) is 11.6 Å². The first kappa shape index (κ1) is 16.0. The molecule has 0 radical (unpaired) electrons. The van der Waals surface area contributed by atoms with E-state index in [9.17, 15) is 13.2 Å². The lowest BCUT2D eigenvalue weighted by Crippen LogP contribution is -2.17. The lowest BCUT2D eigenvalue weighted by molar-refractivity contribution is -0.274. The largest absolute Gasteiger partial charge is 0.573 e. The van der Waals surface area contributed by atoms with Gasteiger partial charge in [-0.05, 0) is 24.6 Å². The lowest BCUT2D eigenvalue weighted by Gasteiger charge is -2.10. The average Bonchev–Trinajstić information content (AvgIpc) is 2.89. The van der Waals surface area contributed by atoms with E-state index in [1.165, 1.54) is 12.1 Å². The summed E-state index contributed by atoms with van der Waals surface area (Å²) in [5, 5.41) is 4.36. The summed E-state index contributed by atoms with van der Waals surface area (Å²) in [4.78, 5) is 4.42. The third-order valence-electron chi connectivity index (χ3n) is 3.30. The highest BCUT2D eigenvalue weighted by Gasteiger charge is 2.30. The predicted octanol–water partition coefficient (Wildman–Crippen LogP) is 4.20. The van der Waals surface area contributed by atoms with Crippen molar-refractivity contribution in [1.82, 2.24) is 14.8 Å². The van der Waals surface area contributed by atoms with E-state index in [4.69, 9.17) is 0 Å². The second kappa shape index (κ2) is 6.35. The molecule has 1 aromatic heterocycles. The normalized spacial score (nSPS) is 11.5. The van der Waals surface area contributed by atoms with E-state index < -0.39 is 6.36 Å². The Bertz CT molecular complexity index is 811. The Kier molecular flexibility index (Phi) is 4.24. The van der Waals surface area contributed by atoms with Crippen molar-refractivity contribution in [2.24, 2.45) is 0 Å². The van der Waals surface area contributed by atoms with Crippen molar-refractivity contribution in [1.29, 1.82) is 0 Å². The zero-order valence-electron chi connectivity index (χ0n) is 12.8. The molecule has 2 aromatic carbocycles. The molecule has 0 N–H and O–H groups in total. The van der Waals surface area contributed by atoms with E-state index in [-0.39, 0.29) is 5.75 Å². The fraction of sp³-hybridized carbons (Fsp3) is 0.176. The highest BCUT2D eigenvalue weighted by molar-refractivity contribution is 5.55. The molecule has 0 aliphatic carbocycles. The summed E-state index contributed by atoms with van der Waals surface area (Å²) in [6.07, 6.45) is -4.69. The molecule has 0 saturated heterocycles. The van der Waals surface area contributed by atoms with Crippen molar-refractivity contribution in [3.05, 3.63) is 66.0 Å². The standard InChI is InChI=1S/C17H14F3N3O/c1-12-21-16(14-5-3-2-4-6-14)23(22-12)11-13-7-9-15(10-8-13)24-17(18,19)20/h2-10H,11H2,1H3. The summed E-state index contributed by atoms with van der Waals surface area (Å²) >= 11 is 0. The minimum Gasteiger partial charge on any atom is -0.406 e.